The number of anilines is 2. The number of rotatable bonds is 2. The number of imidazole rings is 1. The smallest absolute Gasteiger partial charge is 0.431 e. The maximum Gasteiger partial charge on any atom is 0.508 e. The molecule has 18 nitrogen and oxygen atoms in total. The molecule has 0 saturated carbocycles. The fraction of sp³-hybridized carbons (Fsp3) is 0.520. The van der Waals surface area contributed by atoms with E-state index in [4.69, 9.17) is 45.5 Å². The van der Waals surface area contributed by atoms with E-state index < -0.39 is 55.8 Å². The van der Waals surface area contributed by atoms with Crippen molar-refractivity contribution in [2.45, 2.75) is 62.2 Å². The number of carbonyl (C=O) groups excluding carboxylic acids is 1. The molecule has 8 atom stereocenters. The van der Waals surface area contributed by atoms with Gasteiger partial charge in [0.25, 0.3) is 0 Å². The third-order valence-corrected chi connectivity index (χ3v) is 9.92. The van der Waals surface area contributed by atoms with E-state index in [1.54, 1.807) is 0 Å². The summed E-state index contributed by atoms with van der Waals surface area (Å²) in [5.41, 5.74) is 8.26. The van der Waals surface area contributed by atoms with Gasteiger partial charge >= 0.3 is 12.9 Å². The highest BCUT2D eigenvalue weighted by atomic mass is 32.5. The van der Waals surface area contributed by atoms with Crippen LogP contribution < -0.4 is 11.1 Å². The minimum atomic E-state index is -3.91. The van der Waals surface area contributed by atoms with E-state index in [9.17, 15) is 14.8 Å². The van der Waals surface area contributed by atoms with Gasteiger partial charge in [-0.3, -0.25) is 4.57 Å². The van der Waals surface area contributed by atoms with Gasteiger partial charge in [-0.2, -0.15) is 0 Å². The van der Waals surface area contributed by atoms with E-state index in [-0.39, 0.29) is 31.1 Å². The minimum absolute atomic E-state index is 0.135. The molecule has 1 unspecified atom stereocenters. The van der Waals surface area contributed by atoms with Crippen LogP contribution in [0.25, 0.3) is 22.2 Å². The lowest BCUT2D eigenvalue weighted by molar-refractivity contribution is -0.0836. The van der Waals surface area contributed by atoms with E-state index in [0.29, 0.717) is 11.2 Å². The maximum absolute atomic E-state index is 13.0. The van der Waals surface area contributed by atoms with Crippen molar-refractivity contribution < 1.29 is 42.8 Å². The zero-order valence-corrected chi connectivity index (χ0v) is 25.1. The Hall–Kier alpha value is -3.55. The Morgan fingerprint density at radius 1 is 1.04 bits per heavy atom. The number of hydrogen-bond donors (Lipinski definition) is 4. The number of nitrogens with zero attached hydrogens (tertiary/aromatic N) is 7. The van der Waals surface area contributed by atoms with Crippen LogP contribution in [0, 0.1) is 0 Å². The molecule has 0 aromatic carbocycles. The number of nitrogens with one attached hydrogen (secondary N) is 1. The van der Waals surface area contributed by atoms with E-state index in [1.807, 2.05) is 10.8 Å². The Bertz CT molecular complexity index is 1840. The van der Waals surface area contributed by atoms with E-state index in [2.05, 4.69) is 30.2 Å². The van der Waals surface area contributed by atoms with Gasteiger partial charge in [0.15, 0.2) is 23.8 Å². The maximum atomic E-state index is 13.0. The quantitative estimate of drug-likeness (QED) is 0.173. The number of nitrogen functional groups attached to an aromatic ring is 1. The van der Waals surface area contributed by atoms with Gasteiger partial charge in [0, 0.05) is 19.2 Å². The first kappa shape index (κ1) is 28.9. The van der Waals surface area contributed by atoms with Gasteiger partial charge in [0.05, 0.1) is 18.3 Å². The molecule has 45 heavy (non-hydrogen) atoms. The average Bonchev–Trinajstić information content (AvgIpc) is 3.75. The average molecular weight is 662 g/mol. The van der Waals surface area contributed by atoms with Gasteiger partial charge in [-0.1, -0.05) is 0 Å². The van der Waals surface area contributed by atoms with Crippen molar-refractivity contribution in [1.82, 2.24) is 34.1 Å². The molecule has 8 rings (SSSR count). The molecular formula is C25H28N9O9PS. The summed E-state index contributed by atoms with van der Waals surface area (Å²) in [6, 6.07) is 0. The Balaban J connectivity index is 1.07. The molecular weight excluding hydrogens is 633 g/mol. The van der Waals surface area contributed by atoms with Crippen LogP contribution >= 0.6 is 6.72 Å². The summed E-state index contributed by atoms with van der Waals surface area (Å²) in [5, 5.41) is 15.4. The molecule has 0 radical (unpaired) electrons. The second-order valence-electron chi connectivity index (χ2n) is 11.1. The van der Waals surface area contributed by atoms with Crippen LogP contribution in [0.2, 0.25) is 0 Å². The topological polar surface area (TPSA) is 225 Å². The molecule has 0 spiro atoms. The lowest BCUT2D eigenvalue weighted by Gasteiger charge is -2.25. The zero-order valence-electron chi connectivity index (χ0n) is 23.4. The summed E-state index contributed by atoms with van der Waals surface area (Å²) in [6.45, 7) is -3.78. The Kier molecular flexibility index (Phi) is 7.10. The van der Waals surface area contributed by atoms with Gasteiger partial charge < -0.3 is 53.6 Å². The van der Waals surface area contributed by atoms with E-state index in [0.717, 1.165) is 36.2 Å². The third-order valence-electron chi connectivity index (χ3n) is 8.34. The van der Waals surface area contributed by atoms with Crippen LogP contribution in [0.15, 0.2) is 25.2 Å². The first-order valence-corrected chi connectivity index (χ1v) is 16.8. The molecule has 2 bridgehead atoms. The summed E-state index contributed by atoms with van der Waals surface area (Å²) in [6.07, 6.45) is -0.112. The van der Waals surface area contributed by atoms with Crippen molar-refractivity contribution in [2.75, 3.05) is 30.8 Å². The zero-order chi connectivity index (χ0) is 30.9. The SMILES string of the molecule is Nc1ncnc2c1ncn2[C@@H]1O[C@@H]2COP(O)(=S)O[C@H]3C[C@H](n4cc5c6c(ncnc64)NCCC5)O[C@@H]3COC(=O)O[C@@H]1[C@@H]2O. The summed E-state index contributed by atoms with van der Waals surface area (Å²) in [4.78, 5) is 45.4. The number of aromatic nitrogens is 7. The van der Waals surface area contributed by atoms with Crippen molar-refractivity contribution in [1.29, 1.82) is 0 Å². The molecule has 4 aromatic rings. The Morgan fingerprint density at radius 2 is 1.89 bits per heavy atom. The van der Waals surface area contributed by atoms with Crippen LogP contribution in [-0.4, -0.2) is 100 Å². The summed E-state index contributed by atoms with van der Waals surface area (Å²) >= 11 is 5.35. The van der Waals surface area contributed by atoms with Crippen LogP contribution in [0.1, 0.15) is 30.9 Å². The molecule has 4 aromatic heterocycles. The molecule has 20 heteroatoms. The molecule has 3 fully saturated rings. The van der Waals surface area contributed by atoms with Crippen molar-refractivity contribution in [2.24, 2.45) is 0 Å². The normalized spacial score (nSPS) is 33.7. The fourth-order valence-corrected chi connectivity index (χ4v) is 7.72. The summed E-state index contributed by atoms with van der Waals surface area (Å²) in [5.74, 6) is 0.890. The largest absolute Gasteiger partial charge is 0.508 e. The van der Waals surface area contributed by atoms with Gasteiger partial charge in [0.2, 0.25) is 0 Å². The highest BCUT2D eigenvalue weighted by molar-refractivity contribution is 8.07. The number of fused-ring (bicyclic) bond motifs is 4. The van der Waals surface area contributed by atoms with Crippen LogP contribution in [0.3, 0.4) is 0 Å². The highest BCUT2D eigenvalue weighted by Crippen LogP contribution is 2.50. The predicted molar refractivity (Wildman–Crippen MR) is 156 cm³/mol. The van der Waals surface area contributed by atoms with Crippen LogP contribution in [0.5, 0.6) is 0 Å². The summed E-state index contributed by atoms with van der Waals surface area (Å²) < 4.78 is 38.3. The molecule has 5 N–H and O–H groups in total. The lowest BCUT2D eigenvalue weighted by atomic mass is 10.1. The highest BCUT2D eigenvalue weighted by Gasteiger charge is 2.50. The van der Waals surface area contributed by atoms with E-state index >= 15 is 0 Å². The van der Waals surface area contributed by atoms with Crippen molar-refractivity contribution in [3.8, 4) is 0 Å². The van der Waals surface area contributed by atoms with Crippen molar-refractivity contribution in [3.05, 3.63) is 30.7 Å². The molecule has 238 valence electrons. The van der Waals surface area contributed by atoms with Gasteiger partial charge in [-0.25, -0.2) is 29.7 Å². The standard InChI is InChI=1S/C25H28N9O9PS/c26-20-17-23(31-8-28-20)34(10-32-17)24-19-18(35)14(41-24)7-39-44(37,45)43-12-4-15(40-13(12)6-38-25(36)42-19)33-5-11-2-1-3-27-21-16(11)22(33)30-9-29-21/h5,8-10,12-15,18-19,24,35H,1-4,6-7H2,(H,37,45)(H2,26,28,31)(H,27,29,30)/t12-,13+,14+,15+,18+,19+,24+,44?/m0/s1. The molecule has 0 amide bonds. The molecule has 4 aliphatic heterocycles. The number of nitrogens with two attached hydrogens (primary N) is 1. The second kappa shape index (κ2) is 11.1. The number of aliphatic hydroxyl groups excluding tert-OH is 1. The molecule has 8 heterocycles. The fourth-order valence-electron chi connectivity index (χ4n) is 6.25. The predicted octanol–water partition coefficient (Wildman–Crippen LogP) is 0.911. The Morgan fingerprint density at radius 3 is 2.78 bits per heavy atom. The molecule has 3 saturated heterocycles. The minimum Gasteiger partial charge on any atom is -0.431 e. The van der Waals surface area contributed by atoms with Gasteiger partial charge in [0.1, 0.15) is 66.9 Å². The number of ether oxygens (including phenoxy) is 4. The first-order valence-electron chi connectivity index (χ1n) is 14.2. The van der Waals surface area contributed by atoms with Crippen LogP contribution in [-0.2, 0) is 46.2 Å². The number of carbonyl (C=O) groups is 1. The van der Waals surface area contributed by atoms with Crippen LogP contribution in [0.4, 0.5) is 16.4 Å². The Labute approximate surface area is 259 Å². The number of cyclic esters (lactones) is 1. The summed E-state index contributed by atoms with van der Waals surface area (Å²) in [7, 11) is 0. The monoisotopic (exact) mass is 661 g/mol. The molecule has 0 aliphatic carbocycles. The number of hydrogen-bond acceptors (Lipinski definition) is 16. The lowest BCUT2D eigenvalue weighted by Crippen LogP contribution is -2.37. The number of aliphatic hydroxyl groups is 1. The van der Waals surface area contributed by atoms with E-state index in [1.165, 1.54) is 23.5 Å². The third kappa shape index (κ3) is 5.08. The first-order chi connectivity index (χ1) is 21.8. The number of aryl methyl sites for hydroxylation is 1. The molecule has 4 aliphatic rings. The van der Waals surface area contributed by atoms with Gasteiger partial charge in [-0.05, 0) is 30.2 Å². The van der Waals surface area contributed by atoms with Gasteiger partial charge in [-0.15, -0.1) is 0 Å². The second-order valence-corrected chi connectivity index (χ2v) is 13.9. The van der Waals surface area contributed by atoms with Crippen molar-refractivity contribution in [3.63, 3.8) is 0 Å². The van der Waals surface area contributed by atoms with Crippen molar-refractivity contribution >= 4 is 58.5 Å².